The number of likely N-dealkylation sites (tertiary alicyclic amines) is 1. The minimum absolute atomic E-state index is 0.0719. The van der Waals surface area contributed by atoms with Crippen molar-refractivity contribution in [2.75, 3.05) is 25.5 Å². The fourth-order valence-electron chi connectivity index (χ4n) is 3.17. The van der Waals surface area contributed by atoms with Crippen LogP contribution in [0.15, 0.2) is 48.5 Å². The van der Waals surface area contributed by atoms with Crippen molar-refractivity contribution < 1.29 is 14.3 Å². The normalized spacial score (nSPS) is 14.3. The van der Waals surface area contributed by atoms with Gasteiger partial charge in [0.2, 0.25) is 0 Å². The molecule has 2 aromatic carbocycles. The van der Waals surface area contributed by atoms with Gasteiger partial charge in [0.25, 0.3) is 0 Å². The fraction of sp³-hybridized carbons (Fsp3) is 0.286. The monoisotopic (exact) mass is 363 g/mol. The number of ether oxygens (including phenoxy) is 1. The van der Waals surface area contributed by atoms with Crippen LogP contribution in [0.4, 0.5) is 10.5 Å². The van der Waals surface area contributed by atoms with Crippen LogP contribution < -0.4 is 10.1 Å². The smallest absolute Gasteiger partial charge is 0.321 e. The molecule has 2 aromatic rings. The molecule has 2 amide bonds. The third kappa shape index (κ3) is 4.45. The van der Waals surface area contributed by atoms with Crippen LogP contribution in [0.2, 0.25) is 0 Å². The van der Waals surface area contributed by atoms with Gasteiger partial charge >= 0.3 is 6.03 Å². The molecule has 1 heterocycles. The number of piperidine rings is 1. The molecule has 27 heavy (non-hydrogen) atoms. The van der Waals surface area contributed by atoms with Crippen molar-refractivity contribution in [1.82, 2.24) is 4.90 Å². The van der Waals surface area contributed by atoms with Gasteiger partial charge in [0.1, 0.15) is 5.75 Å². The predicted molar refractivity (Wildman–Crippen MR) is 102 cm³/mol. The summed E-state index contributed by atoms with van der Waals surface area (Å²) in [6.45, 7) is 1.07. The first-order chi connectivity index (χ1) is 13.1. The molecule has 0 saturated carbocycles. The number of nitrogens with zero attached hydrogens (tertiary/aromatic N) is 2. The molecule has 0 bridgehead atoms. The molecule has 138 valence electrons. The summed E-state index contributed by atoms with van der Waals surface area (Å²) in [5.41, 5.74) is 1.87. The van der Waals surface area contributed by atoms with E-state index in [1.807, 2.05) is 6.07 Å². The first kappa shape index (κ1) is 18.5. The van der Waals surface area contributed by atoms with E-state index in [1.165, 1.54) is 0 Å². The number of rotatable bonds is 4. The lowest BCUT2D eigenvalue weighted by Gasteiger charge is -2.31. The van der Waals surface area contributed by atoms with Crippen molar-refractivity contribution in [3.8, 4) is 11.8 Å². The molecular weight excluding hydrogens is 342 g/mol. The van der Waals surface area contributed by atoms with Crippen LogP contribution in [0.3, 0.4) is 0 Å². The summed E-state index contributed by atoms with van der Waals surface area (Å²) in [5.74, 6) is 0.767. The van der Waals surface area contributed by atoms with Crippen molar-refractivity contribution in [3.63, 3.8) is 0 Å². The van der Waals surface area contributed by atoms with Crippen molar-refractivity contribution >= 4 is 17.5 Å². The number of carbonyl (C=O) groups excluding carboxylic acids is 2. The summed E-state index contributed by atoms with van der Waals surface area (Å²) < 4.78 is 5.12. The molecule has 1 N–H and O–H groups in total. The minimum Gasteiger partial charge on any atom is -0.497 e. The second-order valence-corrected chi connectivity index (χ2v) is 6.47. The number of carbonyl (C=O) groups is 2. The zero-order valence-electron chi connectivity index (χ0n) is 15.1. The van der Waals surface area contributed by atoms with Crippen LogP contribution in [0.5, 0.6) is 5.75 Å². The lowest BCUT2D eigenvalue weighted by atomic mass is 9.89. The first-order valence-corrected chi connectivity index (χ1v) is 8.85. The number of ketones is 1. The Labute approximate surface area is 158 Å². The summed E-state index contributed by atoms with van der Waals surface area (Å²) in [4.78, 5) is 26.7. The van der Waals surface area contributed by atoms with Gasteiger partial charge in [-0.2, -0.15) is 5.26 Å². The van der Waals surface area contributed by atoms with E-state index in [0.29, 0.717) is 42.7 Å². The molecule has 0 aliphatic carbocycles. The van der Waals surface area contributed by atoms with Crippen LogP contribution in [0.1, 0.15) is 28.8 Å². The van der Waals surface area contributed by atoms with E-state index in [0.717, 1.165) is 5.75 Å². The summed E-state index contributed by atoms with van der Waals surface area (Å²) in [6.07, 6.45) is 1.29. The summed E-state index contributed by atoms with van der Waals surface area (Å²) in [6, 6.07) is 15.7. The molecule has 0 spiro atoms. The van der Waals surface area contributed by atoms with Gasteiger partial charge in [0.15, 0.2) is 5.78 Å². The van der Waals surface area contributed by atoms with Crippen LogP contribution in [-0.4, -0.2) is 36.9 Å². The van der Waals surface area contributed by atoms with Crippen LogP contribution in [0, 0.1) is 17.2 Å². The highest BCUT2D eigenvalue weighted by atomic mass is 16.5. The highest BCUT2D eigenvalue weighted by Crippen LogP contribution is 2.23. The molecule has 1 saturated heterocycles. The van der Waals surface area contributed by atoms with Gasteiger partial charge in [0, 0.05) is 30.3 Å². The highest BCUT2D eigenvalue weighted by molar-refractivity contribution is 5.98. The van der Waals surface area contributed by atoms with Gasteiger partial charge in [-0.15, -0.1) is 0 Å². The summed E-state index contributed by atoms with van der Waals surface area (Å²) in [5, 5.41) is 11.6. The maximum Gasteiger partial charge on any atom is 0.321 e. The number of Topliss-reactive ketones (excluding diaryl/α,β-unsaturated/α-hetero) is 1. The number of nitriles is 1. The third-order valence-corrected chi connectivity index (χ3v) is 4.79. The Hall–Kier alpha value is -3.33. The second-order valence-electron chi connectivity index (χ2n) is 6.47. The van der Waals surface area contributed by atoms with E-state index in [-0.39, 0.29) is 17.7 Å². The molecule has 0 aromatic heterocycles. The van der Waals surface area contributed by atoms with Crippen molar-refractivity contribution in [1.29, 1.82) is 5.26 Å². The lowest BCUT2D eigenvalue weighted by Crippen LogP contribution is -2.42. The number of benzene rings is 2. The Kier molecular flexibility index (Phi) is 5.72. The Bertz CT molecular complexity index is 846. The highest BCUT2D eigenvalue weighted by Gasteiger charge is 2.28. The zero-order chi connectivity index (χ0) is 19.2. The summed E-state index contributed by atoms with van der Waals surface area (Å²) >= 11 is 0. The summed E-state index contributed by atoms with van der Waals surface area (Å²) in [7, 11) is 1.59. The molecule has 0 unspecified atom stereocenters. The van der Waals surface area contributed by atoms with E-state index in [4.69, 9.17) is 10.00 Å². The maximum absolute atomic E-state index is 12.6. The van der Waals surface area contributed by atoms with Crippen LogP contribution >= 0.6 is 0 Å². The van der Waals surface area contributed by atoms with Crippen LogP contribution in [-0.2, 0) is 0 Å². The maximum atomic E-state index is 12.6. The molecule has 6 nitrogen and oxygen atoms in total. The SMILES string of the molecule is COc1ccc(C(=O)C2CCN(C(=O)Nc3ccc(C#N)cc3)CC2)cc1. The van der Waals surface area contributed by atoms with Gasteiger partial charge in [-0.05, 0) is 61.4 Å². The number of methoxy groups -OCH3 is 1. The molecule has 3 rings (SSSR count). The number of hydrogen-bond donors (Lipinski definition) is 1. The van der Waals surface area contributed by atoms with E-state index < -0.39 is 0 Å². The molecule has 1 fully saturated rings. The van der Waals surface area contributed by atoms with E-state index in [9.17, 15) is 9.59 Å². The average molecular weight is 363 g/mol. The quantitative estimate of drug-likeness (QED) is 0.840. The number of anilines is 1. The molecule has 1 aliphatic heterocycles. The second kappa shape index (κ2) is 8.37. The largest absolute Gasteiger partial charge is 0.497 e. The van der Waals surface area contributed by atoms with Crippen LogP contribution in [0.25, 0.3) is 0 Å². The minimum atomic E-state index is -0.185. The molecule has 1 aliphatic rings. The van der Waals surface area contributed by atoms with Gasteiger partial charge in [-0.3, -0.25) is 4.79 Å². The lowest BCUT2D eigenvalue weighted by molar-refractivity contribution is 0.0859. The predicted octanol–water partition coefficient (Wildman–Crippen LogP) is 3.69. The van der Waals surface area contributed by atoms with Crippen molar-refractivity contribution in [2.45, 2.75) is 12.8 Å². The van der Waals surface area contributed by atoms with Gasteiger partial charge < -0.3 is 15.0 Å². The number of hydrogen-bond acceptors (Lipinski definition) is 4. The van der Waals surface area contributed by atoms with Gasteiger partial charge in [-0.25, -0.2) is 4.79 Å². The van der Waals surface area contributed by atoms with Gasteiger partial charge in [-0.1, -0.05) is 0 Å². The zero-order valence-corrected chi connectivity index (χ0v) is 15.1. The first-order valence-electron chi connectivity index (χ1n) is 8.85. The molecular formula is C21H21N3O3. The Morgan fingerprint density at radius 1 is 1.07 bits per heavy atom. The van der Waals surface area contributed by atoms with E-state index >= 15 is 0 Å². The third-order valence-electron chi connectivity index (χ3n) is 4.79. The average Bonchev–Trinajstić information content (AvgIpc) is 2.74. The molecule has 0 atom stereocenters. The Balaban J connectivity index is 1.53. The van der Waals surface area contributed by atoms with Crippen molar-refractivity contribution in [3.05, 3.63) is 59.7 Å². The van der Waals surface area contributed by atoms with Gasteiger partial charge in [0.05, 0.1) is 18.7 Å². The Morgan fingerprint density at radius 3 is 2.26 bits per heavy atom. The standard InChI is InChI=1S/C21H21N3O3/c1-27-19-8-4-16(5-9-19)20(25)17-10-12-24(13-11-17)21(26)23-18-6-2-15(14-22)3-7-18/h2-9,17H,10-13H2,1H3,(H,23,26). The fourth-order valence-corrected chi connectivity index (χ4v) is 3.17. The Morgan fingerprint density at radius 2 is 1.70 bits per heavy atom. The number of nitrogens with one attached hydrogen (secondary N) is 1. The number of amides is 2. The number of urea groups is 1. The topological polar surface area (TPSA) is 82.4 Å². The van der Waals surface area contributed by atoms with E-state index in [2.05, 4.69) is 5.32 Å². The molecule has 0 radical (unpaired) electrons. The molecule has 6 heteroatoms. The van der Waals surface area contributed by atoms with Crippen molar-refractivity contribution in [2.24, 2.45) is 5.92 Å². The van der Waals surface area contributed by atoms with E-state index in [1.54, 1.807) is 60.5 Å².